The quantitative estimate of drug-likeness (QED) is 0.537. The van der Waals surface area contributed by atoms with Crippen LogP contribution in [-0.2, 0) is 0 Å². The number of aromatic nitrogens is 2. The van der Waals surface area contributed by atoms with Crippen molar-refractivity contribution < 1.29 is 4.39 Å². The van der Waals surface area contributed by atoms with Gasteiger partial charge in [-0.3, -0.25) is 9.47 Å². The topological polar surface area (TPSA) is 118 Å². The largest absolute Gasteiger partial charge is 0.399 e. The number of likely N-dealkylation sites (N-methyl/N-ethyl adjacent to an activating group) is 1. The van der Waals surface area contributed by atoms with E-state index in [2.05, 4.69) is 26.8 Å². The van der Waals surface area contributed by atoms with Crippen molar-refractivity contribution in [2.75, 3.05) is 48.8 Å². The van der Waals surface area contributed by atoms with E-state index in [0.29, 0.717) is 28.6 Å². The van der Waals surface area contributed by atoms with E-state index in [1.165, 1.54) is 6.07 Å². The molecule has 0 radical (unpaired) electrons. The summed E-state index contributed by atoms with van der Waals surface area (Å²) >= 11 is 0. The van der Waals surface area contributed by atoms with Crippen LogP contribution >= 0.6 is 0 Å². The van der Waals surface area contributed by atoms with Gasteiger partial charge in [-0.1, -0.05) is 6.07 Å². The molecule has 3 heterocycles. The van der Waals surface area contributed by atoms with Crippen LogP contribution < -0.4 is 27.0 Å². The lowest BCUT2D eigenvalue weighted by atomic mass is 10.1. The number of aliphatic imine (C=N–C) groups is 1. The number of halogens is 1. The van der Waals surface area contributed by atoms with Gasteiger partial charge in [0.15, 0.2) is 5.82 Å². The molecule has 32 heavy (non-hydrogen) atoms. The molecule has 0 spiro atoms. The minimum atomic E-state index is -0.710. The molecule has 9 nitrogen and oxygen atoms in total. The van der Waals surface area contributed by atoms with Gasteiger partial charge in [0.1, 0.15) is 24.0 Å². The number of piperazine rings is 1. The third-order valence-electron chi connectivity index (χ3n) is 6.00. The van der Waals surface area contributed by atoms with Crippen molar-refractivity contribution in [3.63, 3.8) is 0 Å². The Labute approximate surface area is 185 Å². The fourth-order valence-corrected chi connectivity index (χ4v) is 4.21. The average Bonchev–Trinajstić information content (AvgIpc) is 3.19. The van der Waals surface area contributed by atoms with Crippen LogP contribution in [0, 0.1) is 5.82 Å². The van der Waals surface area contributed by atoms with E-state index < -0.39 is 6.17 Å². The summed E-state index contributed by atoms with van der Waals surface area (Å²) in [6.45, 7) is 3.36. The molecule has 5 rings (SSSR count). The molecule has 0 bridgehead atoms. The molecule has 0 saturated carbocycles. The molecule has 166 valence electrons. The van der Waals surface area contributed by atoms with Crippen LogP contribution in [-0.4, -0.2) is 53.6 Å². The Morgan fingerprint density at radius 3 is 2.50 bits per heavy atom. The Morgan fingerprint density at radius 2 is 1.78 bits per heavy atom. The van der Waals surface area contributed by atoms with E-state index in [1.54, 1.807) is 27.9 Å². The maximum Gasteiger partial charge on any atom is 0.204 e. The smallest absolute Gasteiger partial charge is 0.204 e. The SMILES string of the molecule is CN1CCN(c2ccc(N3C(N)=Nc4c(ncn4-c4cccc(N)c4)C3N)cc2F)CC1. The van der Waals surface area contributed by atoms with Gasteiger partial charge in [-0.15, -0.1) is 0 Å². The van der Waals surface area contributed by atoms with E-state index >= 15 is 4.39 Å². The first-order valence-electron chi connectivity index (χ1n) is 10.5. The minimum Gasteiger partial charge on any atom is -0.399 e. The van der Waals surface area contributed by atoms with E-state index in [9.17, 15) is 0 Å². The second kappa shape index (κ2) is 7.81. The van der Waals surface area contributed by atoms with Crippen LogP contribution in [0.25, 0.3) is 5.69 Å². The van der Waals surface area contributed by atoms with Gasteiger partial charge < -0.3 is 27.0 Å². The molecule has 2 aliphatic rings. The zero-order valence-corrected chi connectivity index (χ0v) is 17.8. The number of imidazole rings is 1. The number of nitrogens with two attached hydrogens (primary N) is 3. The lowest BCUT2D eigenvalue weighted by Crippen LogP contribution is -2.46. The number of guanidine groups is 1. The highest BCUT2D eigenvalue weighted by Gasteiger charge is 2.32. The maximum atomic E-state index is 15.1. The van der Waals surface area contributed by atoms with Gasteiger partial charge in [-0.05, 0) is 43.4 Å². The van der Waals surface area contributed by atoms with Crippen molar-refractivity contribution in [3.05, 3.63) is 60.3 Å². The maximum absolute atomic E-state index is 15.1. The van der Waals surface area contributed by atoms with Crippen molar-refractivity contribution >= 4 is 28.8 Å². The van der Waals surface area contributed by atoms with Crippen LogP contribution in [0.5, 0.6) is 0 Å². The molecule has 3 aromatic rings. The van der Waals surface area contributed by atoms with Gasteiger partial charge in [0.2, 0.25) is 5.96 Å². The minimum absolute atomic E-state index is 0.169. The predicted octanol–water partition coefficient (Wildman–Crippen LogP) is 1.77. The Kier molecular flexibility index (Phi) is 4.95. The first-order chi connectivity index (χ1) is 15.4. The molecule has 1 fully saturated rings. The van der Waals surface area contributed by atoms with Crippen molar-refractivity contribution in [1.82, 2.24) is 14.5 Å². The second-order valence-electron chi connectivity index (χ2n) is 8.13. The number of anilines is 3. The fourth-order valence-electron chi connectivity index (χ4n) is 4.21. The first-order valence-corrected chi connectivity index (χ1v) is 10.5. The standard InChI is InChI=1S/C22H26FN9/c1-29-7-9-30(10-8-29)18-6-5-16(12-17(18)23)32-20(25)19-21(28-22(32)26)31(13-27-19)15-4-2-3-14(24)11-15/h2-6,11-13,20H,7-10,24-25H2,1H3,(H2,26,28). The fraction of sp³-hybridized carbons (Fsp3) is 0.273. The summed E-state index contributed by atoms with van der Waals surface area (Å²) in [5.74, 6) is 0.386. The van der Waals surface area contributed by atoms with Gasteiger partial charge >= 0.3 is 0 Å². The Balaban J connectivity index is 1.46. The molecule has 6 N–H and O–H groups in total. The zero-order chi connectivity index (χ0) is 22.4. The summed E-state index contributed by atoms with van der Waals surface area (Å²) in [4.78, 5) is 14.9. The molecule has 10 heteroatoms. The highest BCUT2D eigenvalue weighted by Crippen LogP contribution is 2.36. The summed E-state index contributed by atoms with van der Waals surface area (Å²) in [5, 5.41) is 0. The van der Waals surface area contributed by atoms with Crippen molar-refractivity contribution in [2.24, 2.45) is 16.5 Å². The van der Waals surface area contributed by atoms with Gasteiger partial charge in [-0.25, -0.2) is 9.37 Å². The van der Waals surface area contributed by atoms with Crippen molar-refractivity contribution in [1.29, 1.82) is 0 Å². The molecular weight excluding hydrogens is 409 g/mol. The number of hydrogen-bond donors (Lipinski definition) is 3. The Morgan fingerprint density at radius 1 is 1.00 bits per heavy atom. The van der Waals surface area contributed by atoms with Gasteiger partial charge in [-0.2, -0.15) is 4.99 Å². The van der Waals surface area contributed by atoms with E-state index in [-0.39, 0.29) is 11.8 Å². The number of benzene rings is 2. The normalized spacial score (nSPS) is 19.1. The third-order valence-corrected chi connectivity index (χ3v) is 6.00. The Hall–Kier alpha value is -3.63. The molecule has 2 aromatic carbocycles. The monoisotopic (exact) mass is 435 g/mol. The van der Waals surface area contributed by atoms with E-state index in [4.69, 9.17) is 17.2 Å². The van der Waals surface area contributed by atoms with Crippen LogP contribution in [0.2, 0.25) is 0 Å². The number of rotatable bonds is 3. The summed E-state index contributed by atoms with van der Waals surface area (Å²) in [6, 6.07) is 12.4. The van der Waals surface area contributed by atoms with Gasteiger partial charge in [0.05, 0.1) is 11.4 Å². The number of nitrogens with zero attached hydrogens (tertiary/aromatic N) is 6. The van der Waals surface area contributed by atoms with E-state index in [0.717, 1.165) is 31.9 Å². The van der Waals surface area contributed by atoms with Crippen LogP contribution in [0.15, 0.2) is 53.8 Å². The molecular formula is C22H26FN9. The molecule has 1 atom stereocenters. The summed E-state index contributed by atoms with van der Waals surface area (Å²) in [5.41, 5.74) is 21.8. The summed E-state index contributed by atoms with van der Waals surface area (Å²) in [6.07, 6.45) is 0.926. The molecule has 1 aromatic heterocycles. The lowest BCUT2D eigenvalue weighted by molar-refractivity contribution is 0.311. The van der Waals surface area contributed by atoms with Crippen LogP contribution in [0.3, 0.4) is 0 Å². The number of nitrogen functional groups attached to an aromatic ring is 1. The van der Waals surface area contributed by atoms with Gasteiger partial charge in [0.25, 0.3) is 0 Å². The second-order valence-corrected chi connectivity index (χ2v) is 8.13. The predicted molar refractivity (Wildman–Crippen MR) is 125 cm³/mol. The van der Waals surface area contributed by atoms with Crippen LogP contribution in [0.4, 0.5) is 27.3 Å². The third kappa shape index (κ3) is 3.43. The average molecular weight is 436 g/mol. The molecule has 0 aliphatic carbocycles. The van der Waals surface area contributed by atoms with Crippen LogP contribution in [0.1, 0.15) is 11.9 Å². The zero-order valence-electron chi connectivity index (χ0n) is 17.8. The molecule has 2 aliphatic heterocycles. The Bertz CT molecular complexity index is 1180. The summed E-state index contributed by atoms with van der Waals surface area (Å²) < 4.78 is 16.8. The summed E-state index contributed by atoms with van der Waals surface area (Å²) in [7, 11) is 2.07. The van der Waals surface area contributed by atoms with E-state index in [1.807, 2.05) is 24.3 Å². The molecule has 1 saturated heterocycles. The van der Waals surface area contributed by atoms with Crippen molar-refractivity contribution in [3.8, 4) is 5.69 Å². The highest BCUT2D eigenvalue weighted by atomic mass is 19.1. The molecule has 1 unspecified atom stereocenters. The molecule has 0 amide bonds. The number of hydrogen-bond acceptors (Lipinski definition) is 8. The van der Waals surface area contributed by atoms with Crippen molar-refractivity contribution in [2.45, 2.75) is 6.17 Å². The number of fused-ring (bicyclic) bond motifs is 1. The lowest BCUT2D eigenvalue weighted by Gasteiger charge is -2.35. The van der Waals surface area contributed by atoms with Gasteiger partial charge in [0, 0.05) is 37.6 Å². The highest BCUT2D eigenvalue weighted by molar-refractivity contribution is 5.99. The first kappa shape index (κ1) is 20.3.